The number of hydrogen-bond acceptors (Lipinski definition) is 6. The summed E-state index contributed by atoms with van der Waals surface area (Å²) in [6, 6.07) is -0.343. The molecule has 0 aromatic carbocycles. The van der Waals surface area contributed by atoms with Crippen molar-refractivity contribution in [1.29, 1.82) is 0 Å². The summed E-state index contributed by atoms with van der Waals surface area (Å²) in [4.78, 5) is 34.9. The summed E-state index contributed by atoms with van der Waals surface area (Å²) in [6.45, 7) is 5.86. The fourth-order valence-electron chi connectivity index (χ4n) is 7.13. The SMILES string of the molecule is CC(C)(C)OC(=O)N1[C@H]2CC[C@@H]([C@H]1C(=O)N1CC3(C1)CN(c1c(C(F)(F)F)cnc4sc(CC(F)(F)F)cc14)C3)[C@@H](F)C2. The number of pyridine rings is 1. The summed E-state index contributed by atoms with van der Waals surface area (Å²) in [7, 11) is 0. The van der Waals surface area contributed by atoms with E-state index in [1.54, 1.807) is 20.8 Å². The number of thiophene rings is 1. The summed E-state index contributed by atoms with van der Waals surface area (Å²) in [5, 5.41) is 0.0152. The third-order valence-electron chi connectivity index (χ3n) is 8.75. The van der Waals surface area contributed by atoms with Crippen LogP contribution >= 0.6 is 11.3 Å². The number of hydrogen-bond donors (Lipinski definition) is 0. The van der Waals surface area contributed by atoms with E-state index in [1.807, 2.05) is 0 Å². The zero-order chi connectivity index (χ0) is 31.3. The molecule has 0 unspecified atom stereocenters. The normalized spacial score (nSPS) is 27.0. The van der Waals surface area contributed by atoms with Crippen molar-refractivity contribution in [1.82, 2.24) is 14.8 Å². The molecule has 4 saturated heterocycles. The Morgan fingerprint density at radius 1 is 1.07 bits per heavy atom. The number of carbonyl (C=O) groups is 2. The second kappa shape index (κ2) is 9.83. The summed E-state index contributed by atoms with van der Waals surface area (Å²) in [6.07, 6.45) is -10.6. The zero-order valence-corrected chi connectivity index (χ0v) is 24.5. The van der Waals surface area contributed by atoms with Crippen LogP contribution in [0.3, 0.4) is 0 Å². The average molecular weight is 637 g/mol. The van der Waals surface area contributed by atoms with Gasteiger partial charge in [0.15, 0.2) is 0 Å². The van der Waals surface area contributed by atoms with Crippen molar-refractivity contribution in [3.05, 3.63) is 22.7 Å². The molecular weight excluding hydrogens is 605 g/mol. The van der Waals surface area contributed by atoms with Crippen LogP contribution in [0, 0.1) is 11.3 Å². The Balaban J connectivity index is 1.19. The van der Waals surface area contributed by atoms with E-state index in [0.29, 0.717) is 30.4 Å². The van der Waals surface area contributed by atoms with Crippen molar-refractivity contribution in [3.63, 3.8) is 0 Å². The Kier molecular flexibility index (Phi) is 6.90. The largest absolute Gasteiger partial charge is 0.444 e. The van der Waals surface area contributed by atoms with Gasteiger partial charge in [-0.05, 0) is 46.1 Å². The molecule has 15 heteroatoms. The van der Waals surface area contributed by atoms with Crippen LogP contribution in [0.1, 0.15) is 50.5 Å². The van der Waals surface area contributed by atoms with Gasteiger partial charge in [0.2, 0.25) is 5.91 Å². The topological polar surface area (TPSA) is 66.0 Å². The predicted molar refractivity (Wildman–Crippen MR) is 143 cm³/mol. The Morgan fingerprint density at radius 3 is 2.33 bits per heavy atom. The number of likely N-dealkylation sites (tertiary alicyclic amines) is 1. The molecule has 4 aliphatic heterocycles. The van der Waals surface area contributed by atoms with Gasteiger partial charge in [-0.2, -0.15) is 26.3 Å². The Morgan fingerprint density at radius 2 is 1.74 bits per heavy atom. The van der Waals surface area contributed by atoms with Gasteiger partial charge in [-0.25, -0.2) is 14.2 Å². The number of aromatic nitrogens is 1. The quantitative estimate of drug-likeness (QED) is 0.376. The number of ether oxygens (including phenoxy) is 1. The van der Waals surface area contributed by atoms with Crippen LogP contribution in [-0.4, -0.2) is 83.0 Å². The second-order valence-corrected chi connectivity index (χ2v) is 14.4. The van der Waals surface area contributed by atoms with E-state index in [1.165, 1.54) is 14.7 Å². The van der Waals surface area contributed by atoms with Crippen molar-refractivity contribution >= 4 is 39.2 Å². The molecule has 1 saturated carbocycles. The highest BCUT2D eigenvalue weighted by Crippen LogP contribution is 2.50. The number of nitrogens with zero attached hydrogens (tertiary/aromatic N) is 4. The number of fused-ring (bicyclic) bond motifs is 4. The number of carbonyl (C=O) groups excluding carboxylic acids is 2. The molecule has 236 valence electrons. The average Bonchev–Trinajstić information content (AvgIpc) is 3.20. The predicted octanol–water partition coefficient (Wildman–Crippen LogP) is 6.19. The molecule has 1 aliphatic carbocycles. The van der Waals surface area contributed by atoms with Gasteiger partial charge < -0.3 is 14.5 Å². The van der Waals surface area contributed by atoms with Crippen LogP contribution in [-0.2, 0) is 22.1 Å². The summed E-state index contributed by atoms with van der Waals surface area (Å²) in [5.41, 5.74) is -2.56. The number of rotatable bonds is 3. The lowest BCUT2D eigenvalue weighted by Crippen LogP contribution is -2.76. The standard InChI is InChI=1S/C28H31F7N4O3S/c1-25(2,3)42-24(41)39-14-4-5-16(19(29)6-14)21(39)23(40)38-12-26(13-38)10-37(11-26)20-17-7-15(8-27(30,31)32)43-22(17)36-9-18(20)28(33,34)35/h7,9,14,16,19,21H,4-6,8,10-13H2,1-3H3/t14-,16+,19-,21-/m0/s1. The van der Waals surface area contributed by atoms with Gasteiger partial charge in [0.1, 0.15) is 22.6 Å². The van der Waals surface area contributed by atoms with Gasteiger partial charge >= 0.3 is 18.4 Å². The van der Waals surface area contributed by atoms with Gasteiger partial charge in [-0.1, -0.05) is 0 Å². The number of anilines is 1. The highest BCUT2D eigenvalue weighted by atomic mass is 32.1. The number of halogens is 7. The Bertz CT molecular complexity index is 1440. The first-order valence-corrected chi connectivity index (χ1v) is 14.9. The second-order valence-electron chi connectivity index (χ2n) is 13.3. The zero-order valence-electron chi connectivity index (χ0n) is 23.7. The first kappa shape index (κ1) is 30.2. The van der Waals surface area contributed by atoms with E-state index >= 15 is 0 Å². The molecule has 2 amide bonds. The fraction of sp³-hybridized carbons (Fsp3) is 0.679. The number of piperidine rings is 2. The summed E-state index contributed by atoms with van der Waals surface area (Å²) in [5.74, 6) is -1.06. The highest BCUT2D eigenvalue weighted by molar-refractivity contribution is 7.18. The molecule has 7 nitrogen and oxygen atoms in total. The van der Waals surface area contributed by atoms with Crippen LogP contribution in [0.15, 0.2) is 12.3 Å². The monoisotopic (exact) mass is 636 g/mol. The molecular formula is C28H31F7N4O3S. The summed E-state index contributed by atoms with van der Waals surface area (Å²) < 4.78 is 101. The van der Waals surface area contributed by atoms with Gasteiger partial charge in [0, 0.05) is 60.0 Å². The smallest absolute Gasteiger partial charge is 0.419 e. The van der Waals surface area contributed by atoms with Crippen LogP contribution < -0.4 is 4.90 Å². The molecule has 5 aliphatic rings. The third-order valence-corrected chi connectivity index (χ3v) is 9.79. The number of amides is 2. The molecule has 4 atom stereocenters. The van der Waals surface area contributed by atoms with E-state index in [-0.39, 0.29) is 53.4 Å². The number of alkyl halides is 7. The third kappa shape index (κ3) is 5.50. The summed E-state index contributed by atoms with van der Waals surface area (Å²) >= 11 is 0.710. The maximum atomic E-state index is 15.0. The Hall–Kier alpha value is -2.84. The van der Waals surface area contributed by atoms with E-state index < -0.39 is 71.5 Å². The first-order valence-electron chi connectivity index (χ1n) is 14.1. The van der Waals surface area contributed by atoms with Gasteiger partial charge in [-0.3, -0.25) is 9.69 Å². The minimum atomic E-state index is -4.78. The van der Waals surface area contributed by atoms with Crippen molar-refractivity contribution in [2.75, 3.05) is 31.1 Å². The van der Waals surface area contributed by atoms with Gasteiger partial charge in [0.05, 0.1) is 17.7 Å². The molecule has 7 rings (SSSR count). The molecule has 43 heavy (non-hydrogen) atoms. The van der Waals surface area contributed by atoms with Crippen molar-refractivity contribution in [2.24, 2.45) is 11.3 Å². The lowest BCUT2D eigenvalue weighted by atomic mass is 9.69. The molecule has 2 aromatic heterocycles. The van der Waals surface area contributed by atoms with Crippen molar-refractivity contribution in [2.45, 2.75) is 82.7 Å². The minimum Gasteiger partial charge on any atom is -0.444 e. The fourth-order valence-corrected chi connectivity index (χ4v) is 8.16. The van der Waals surface area contributed by atoms with Gasteiger partial charge in [-0.15, -0.1) is 11.3 Å². The highest BCUT2D eigenvalue weighted by Gasteiger charge is 2.59. The van der Waals surface area contributed by atoms with Crippen molar-refractivity contribution < 1.29 is 45.1 Å². The molecule has 0 N–H and O–H groups in total. The van der Waals surface area contributed by atoms with Crippen LogP contribution in [0.25, 0.3) is 10.2 Å². The van der Waals surface area contributed by atoms with E-state index in [0.717, 1.165) is 6.07 Å². The maximum absolute atomic E-state index is 15.0. The van der Waals surface area contributed by atoms with E-state index in [2.05, 4.69) is 4.98 Å². The maximum Gasteiger partial charge on any atom is 0.419 e. The lowest BCUT2D eigenvalue weighted by molar-refractivity contribution is -0.163. The van der Waals surface area contributed by atoms with Crippen LogP contribution in [0.5, 0.6) is 0 Å². The van der Waals surface area contributed by atoms with Crippen molar-refractivity contribution in [3.8, 4) is 0 Å². The van der Waals surface area contributed by atoms with Gasteiger partial charge in [0.25, 0.3) is 0 Å². The van der Waals surface area contributed by atoms with E-state index in [9.17, 15) is 40.3 Å². The minimum absolute atomic E-state index is 0.0152. The molecule has 1 spiro atoms. The molecule has 2 aromatic rings. The van der Waals surface area contributed by atoms with Crippen LogP contribution in [0.4, 0.5) is 41.2 Å². The molecule has 6 heterocycles. The molecule has 5 fully saturated rings. The molecule has 0 radical (unpaired) electrons. The first-order chi connectivity index (χ1) is 19.8. The van der Waals surface area contributed by atoms with E-state index in [4.69, 9.17) is 4.74 Å². The lowest BCUT2D eigenvalue weighted by Gasteiger charge is -2.62. The van der Waals surface area contributed by atoms with Crippen LogP contribution in [0.2, 0.25) is 0 Å². The molecule has 2 bridgehead atoms. The Labute approximate surface area is 246 Å².